The Morgan fingerprint density at radius 2 is 2.13 bits per heavy atom. The molecule has 0 bridgehead atoms. The maximum atomic E-state index is 11.5. The van der Waals surface area contributed by atoms with Crippen LogP contribution in [0.3, 0.4) is 0 Å². The smallest absolute Gasteiger partial charge is 0.339 e. The van der Waals surface area contributed by atoms with Crippen LogP contribution in [0.15, 0.2) is 30.4 Å². The van der Waals surface area contributed by atoms with E-state index in [1.165, 1.54) is 11.6 Å². The molecule has 2 aliphatic carbocycles. The van der Waals surface area contributed by atoms with Gasteiger partial charge in [0, 0.05) is 10.4 Å². The predicted molar refractivity (Wildman–Crippen MR) is 115 cm³/mol. The zero-order valence-electron chi connectivity index (χ0n) is 17.8. The molecule has 1 aliphatic heterocycles. The van der Waals surface area contributed by atoms with Gasteiger partial charge in [-0.1, -0.05) is 37.6 Å². The molecular formula is C24H31ClO5. The molecule has 1 heterocycles. The van der Waals surface area contributed by atoms with Crippen LogP contribution in [0.2, 0.25) is 5.02 Å². The number of benzene rings is 1. The van der Waals surface area contributed by atoms with E-state index in [9.17, 15) is 9.90 Å². The monoisotopic (exact) mass is 434 g/mol. The van der Waals surface area contributed by atoms with Gasteiger partial charge < -0.3 is 19.3 Å². The summed E-state index contributed by atoms with van der Waals surface area (Å²) < 4.78 is 17.7. The number of carboxylic acids is 1. The maximum absolute atomic E-state index is 11.5. The van der Waals surface area contributed by atoms with E-state index in [1.807, 2.05) is 0 Å². The van der Waals surface area contributed by atoms with Crippen LogP contribution in [0.4, 0.5) is 0 Å². The maximum Gasteiger partial charge on any atom is 0.339 e. The number of fused-ring (bicyclic) bond motifs is 3. The summed E-state index contributed by atoms with van der Waals surface area (Å²) >= 11 is 6.06. The van der Waals surface area contributed by atoms with Crippen LogP contribution in [-0.2, 0) is 9.47 Å². The molecule has 164 valence electrons. The molecule has 1 aromatic carbocycles. The van der Waals surface area contributed by atoms with Crippen LogP contribution < -0.4 is 4.74 Å². The summed E-state index contributed by atoms with van der Waals surface area (Å²) in [5.74, 6) is 0.130. The lowest BCUT2D eigenvalue weighted by molar-refractivity contribution is -0.260. The molecule has 1 unspecified atom stereocenters. The molecule has 3 fully saturated rings. The van der Waals surface area contributed by atoms with E-state index in [1.54, 1.807) is 12.1 Å². The second-order valence-electron chi connectivity index (χ2n) is 9.56. The van der Waals surface area contributed by atoms with E-state index in [-0.39, 0.29) is 22.5 Å². The third-order valence-corrected chi connectivity index (χ3v) is 8.15. The van der Waals surface area contributed by atoms with Crippen LogP contribution in [0.25, 0.3) is 0 Å². The highest BCUT2D eigenvalue weighted by molar-refractivity contribution is 6.30. The number of hydrogen-bond donors (Lipinski definition) is 1. The van der Waals surface area contributed by atoms with Crippen molar-refractivity contribution >= 4 is 17.6 Å². The lowest BCUT2D eigenvalue weighted by atomic mass is 9.46. The second kappa shape index (κ2) is 8.18. The van der Waals surface area contributed by atoms with Gasteiger partial charge in [-0.15, -0.1) is 0 Å². The molecule has 0 amide bonds. The molecule has 30 heavy (non-hydrogen) atoms. The fraction of sp³-hybridized carbons (Fsp3) is 0.625. The molecule has 0 aromatic heterocycles. The number of hydrogen-bond acceptors (Lipinski definition) is 4. The molecule has 1 aromatic rings. The third-order valence-electron chi connectivity index (χ3n) is 7.92. The molecule has 5 atom stereocenters. The van der Waals surface area contributed by atoms with Gasteiger partial charge in [-0.2, -0.15) is 0 Å². The largest absolute Gasteiger partial charge is 0.493 e. The lowest BCUT2D eigenvalue weighted by Crippen LogP contribution is -2.60. The van der Waals surface area contributed by atoms with Gasteiger partial charge >= 0.3 is 5.97 Å². The number of carboxylic acid groups (broad SMARTS) is 1. The molecule has 6 heteroatoms. The number of carbonyl (C=O) groups is 1. The summed E-state index contributed by atoms with van der Waals surface area (Å²) in [6.07, 6.45) is 5.32. The highest BCUT2D eigenvalue weighted by Crippen LogP contribution is 2.62. The van der Waals surface area contributed by atoms with Gasteiger partial charge in [0.2, 0.25) is 0 Å². The van der Waals surface area contributed by atoms with Crippen LogP contribution in [0.5, 0.6) is 5.75 Å². The van der Waals surface area contributed by atoms with Gasteiger partial charge in [-0.25, -0.2) is 4.79 Å². The molecule has 4 rings (SSSR count). The molecule has 1 N–H and O–H groups in total. The Bertz CT molecular complexity index is 839. The summed E-state index contributed by atoms with van der Waals surface area (Å²) in [5, 5.41) is 9.89. The fourth-order valence-electron chi connectivity index (χ4n) is 6.44. The van der Waals surface area contributed by atoms with Crippen molar-refractivity contribution in [2.45, 2.75) is 52.1 Å². The summed E-state index contributed by atoms with van der Waals surface area (Å²) in [7, 11) is 0. The number of ether oxygens (including phenoxy) is 3. The van der Waals surface area contributed by atoms with E-state index in [2.05, 4.69) is 20.4 Å². The Hall–Kier alpha value is -1.56. The van der Waals surface area contributed by atoms with E-state index in [4.69, 9.17) is 25.8 Å². The molecular weight excluding hydrogens is 404 g/mol. The predicted octanol–water partition coefficient (Wildman–Crippen LogP) is 5.57. The van der Waals surface area contributed by atoms with Crippen LogP contribution in [0, 0.1) is 22.7 Å². The van der Waals surface area contributed by atoms with Crippen molar-refractivity contribution in [3.05, 3.63) is 40.9 Å². The topological polar surface area (TPSA) is 65.0 Å². The first-order valence-corrected chi connectivity index (χ1v) is 11.2. The first-order valence-electron chi connectivity index (χ1n) is 10.8. The standard InChI is InChI=1S/C24H31ClO5/c1-15-4-7-20-23(2,10-8-21-24(20,3)13-28-14-30-21)18(15)9-11-29-19-12-16(25)5-6-17(19)22(26)27/h5-6,12,18,20-21H,1,4,7-11,13-14H2,2-3H3,(H,26,27)/t18-,20?,21-,23+,24+/m1/s1. The Morgan fingerprint density at radius 3 is 2.90 bits per heavy atom. The van der Waals surface area contributed by atoms with E-state index < -0.39 is 5.97 Å². The number of aromatic carboxylic acids is 1. The van der Waals surface area contributed by atoms with Crippen molar-refractivity contribution in [2.24, 2.45) is 22.7 Å². The highest BCUT2D eigenvalue weighted by Gasteiger charge is 2.59. The summed E-state index contributed by atoms with van der Waals surface area (Å²) in [5.41, 5.74) is 1.55. The van der Waals surface area contributed by atoms with E-state index >= 15 is 0 Å². The lowest BCUT2D eigenvalue weighted by Gasteiger charge is -2.62. The molecule has 0 spiro atoms. The van der Waals surface area contributed by atoms with Crippen molar-refractivity contribution in [1.29, 1.82) is 0 Å². The van der Waals surface area contributed by atoms with Gasteiger partial charge in [0.1, 0.15) is 18.1 Å². The minimum Gasteiger partial charge on any atom is -0.493 e. The number of allylic oxidation sites excluding steroid dienone is 1. The average Bonchev–Trinajstić information content (AvgIpc) is 2.69. The van der Waals surface area contributed by atoms with Crippen molar-refractivity contribution in [1.82, 2.24) is 0 Å². The third kappa shape index (κ3) is 3.65. The molecule has 0 radical (unpaired) electrons. The number of halogens is 1. The Balaban J connectivity index is 1.51. The molecule has 3 aliphatic rings. The van der Waals surface area contributed by atoms with Crippen molar-refractivity contribution in [3.63, 3.8) is 0 Å². The minimum atomic E-state index is -1.01. The van der Waals surface area contributed by atoms with Gasteiger partial charge in [0.05, 0.1) is 19.3 Å². The van der Waals surface area contributed by atoms with Gasteiger partial charge in [0.25, 0.3) is 0 Å². The SMILES string of the molecule is C=C1CCC2[C@]3(C)COCO[C@@H]3CC[C@@]2(C)[C@@H]1CCOc1cc(Cl)ccc1C(=O)O. The Labute approximate surface area is 183 Å². The highest BCUT2D eigenvalue weighted by atomic mass is 35.5. The summed E-state index contributed by atoms with van der Waals surface area (Å²) in [6, 6.07) is 4.64. The van der Waals surface area contributed by atoms with E-state index in [0.29, 0.717) is 36.0 Å². The normalized spacial score (nSPS) is 36.0. The van der Waals surface area contributed by atoms with Gasteiger partial charge in [0.15, 0.2) is 0 Å². The quantitative estimate of drug-likeness (QED) is 0.614. The van der Waals surface area contributed by atoms with E-state index in [0.717, 1.165) is 38.7 Å². The van der Waals surface area contributed by atoms with Crippen LogP contribution in [0.1, 0.15) is 56.3 Å². The average molecular weight is 435 g/mol. The minimum absolute atomic E-state index is 0.0223. The Morgan fingerprint density at radius 1 is 1.33 bits per heavy atom. The van der Waals surface area contributed by atoms with Crippen molar-refractivity contribution in [2.75, 3.05) is 20.0 Å². The molecule has 1 saturated heterocycles. The van der Waals surface area contributed by atoms with Crippen LogP contribution in [-0.4, -0.2) is 37.2 Å². The Kier molecular flexibility index (Phi) is 5.90. The first kappa shape index (κ1) is 21.7. The zero-order valence-corrected chi connectivity index (χ0v) is 18.5. The summed E-state index contributed by atoms with van der Waals surface area (Å²) in [4.78, 5) is 11.5. The first-order chi connectivity index (χ1) is 14.3. The fourth-order valence-corrected chi connectivity index (χ4v) is 6.60. The molecule has 2 saturated carbocycles. The number of rotatable bonds is 5. The molecule has 5 nitrogen and oxygen atoms in total. The second-order valence-corrected chi connectivity index (χ2v) is 9.99. The van der Waals surface area contributed by atoms with Crippen LogP contribution >= 0.6 is 11.6 Å². The van der Waals surface area contributed by atoms with Crippen molar-refractivity contribution < 1.29 is 24.1 Å². The van der Waals surface area contributed by atoms with Gasteiger partial charge in [-0.3, -0.25) is 0 Å². The van der Waals surface area contributed by atoms with Crippen molar-refractivity contribution in [3.8, 4) is 5.75 Å². The van der Waals surface area contributed by atoms with Gasteiger partial charge in [-0.05, 0) is 67.6 Å². The summed E-state index contributed by atoms with van der Waals surface area (Å²) in [6.45, 7) is 10.7. The zero-order chi connectivity index (χ0) is 21.5.